The predicted octanol–water partition coefficient (Wildman–Crippen LogP) is 1.04. The number of ether oxygens (including phenoxy) is 1. The number of hydrogen-bond donors (Lipinski definition) is 1. The van der Waals surface area contributed by atoms with Gasteiger partial charge in [-0.15, -0.1) is 6.42 Å². The molecule has 0 amide bonds. The van der Waals surface area contributed by atoms with Crippen LogP contribution in [0.3, 0.4) is 0 Å². The van der Waals surface area contributed by atoms with Gasteiger partial charge >= 0.3 is 0 Å². The lowest BCUT2D eigenvalue weighted by Gasteiger charge is -2.11. The summed E-state index contributed by atoms with van der Waals surface area (Å²) in [5, 5.41) is 9.25. The van der Waals surface area contributed by atoms with Crippen LogP contribution in [0.15, 0.2) is 0 Å². The minimum Gasteiger partial charge on any atom is -0.391 e. The SMILES string of the molecule is C#CCOCC(O)CC(C)C. The van der Waals surface area contributed by atoms with Gasteiger partial charge in [0, 0.05) is 0 Å². The van der Waals surface area contributed by atoms with Gasteiger partial charge in [-0.2, -0.15) is 0 Å². The van der Waals surface area contributed by atoms with Crippen LogP contribution in [-0.2, 0) is 4.74 Å². The topological polar surface area (TPSA) is 29.5 Å². The van der Waals surface area contributed by atoms with Crippen molar-refractivity contribution in [2.75, 3.05) is 13.2 Å². The van der Waals surface area contributed by atoms with E-state index in [2.05, 4.69) is 19.8 Å². The van der Waals surface area contributed by atoms with Crippen molar-refractivity contribution in [3.63, 3.8) is 0 Å². The molecule has 0 aromatic heterocycles. The van der Waals surface area contributed by atoms with Gasteiger partial charge in [0.2, 0.25) is 0 Å². The molecule has 0 spiro atoms. The van der Waals surface area contributed by atoms with Gasteiger partial charge in [0.25, 0.3) is 0 Å². The van der Waals surface area contributed by atoms with Gasteiger partial charge in [0.1, 0.15) is 6.61 Å². The Balaban J connectivity index is 3.24. The van der Waals surface area contributed by atoms with Crippen molar-refractivity contribution in [2.24, 2.45) is 5.92 Å². The Hall–Kier alpha value is -0.520. The number of hydrogen-bond acceptors (Lipinski definition) is 2. The van der Waals surface area contributed by atoms with Crippen molar-refractivity contribution in [1.29, 1.82) is 0 Å². The van der Waals surface area contributed by atoms with Crippen molar-refractivity contribution < 1.29 is 9.84 Å². The fraction of sp³-hybridized carbons (Fsp3) is 0.778. The molecule has 0 saturated carbocycles. The van der Waals surface area contributed by atoms with E-state index >= 15 is 0 Å². The van der Waals surface area contributed by atoms with Crippen molar-refractivity contribution in [3.8, 4) is 12.3 Å². The van der Waals surface area contributed by atoms with Crippen LogP contribution in [-0.4, -0.2) is 24.4 Å². The zero-order chi connectivity index (χ0) is 8.69. The molecule has 0 saturated heterocycles. The van der Waals surface area contributed by atoms with Crippen LogP contribution in [0.25, 0.3) is 0 Å². The van der Waals surface area contributed by atoms with E-state index in [1.165, 1.54) is 0 Å². The number of aliphatic hydroxyl groups is 1. The second-order valence-electron chi connectivity index (χ2n) is 3.00. The smallest absolute Gasteiger partial charge is 0.107 e. The summed E-state index contributed by atoms with van der Waals surface area (Å²) in [5.74, 6) is 2.84. The summed E-state index contributed by atoms with van der Waals surface area (Å²) in [6.07, 6.45) is 5.36. The summed E-state index contributed by atoms with van der Waals surface area (Å²) < 4.78 is 4.96. The Morgan fingerprint density at radius 3 is 2.64 bits per heavy atom. The lowest BCUT2D eigenvalue weighted by Crippen LogP contribution is -2.17. The maximum Gasteiger partial charge on any atom is 0.107 e. The van der Waals surface area contributed by atoms with E-state index in [1.807, 2.05) is 0 Å². The highest BCUT2D eigenvalue weighted by Gasteiger charge is 2.05. The largest absolute Gasteiger partial charge is 0.391 e. The molecule has 2 heteroatoms. The Bertz CT molecular complexity index is 124. The third kappa shape index (κ3) is 7.38. The lowest BCUT2D eigenvalue weighted by atomic mass is 10.1. The molecule has 0 aliphatic rings. The first-order chi connectivity index (χ1) is 5.16. The van der Waals surface area contributed by atoms with Crippen LogP contribution in [0.5, 0.6) is 0 Å². The molecule has 0 heterocycles. The molecule has 0 fully saturated rings. The summed E-state index contributed by atoms with van der Waals surface area (Å²) >= 11 is 0. The van der Waals surface area contributed by atoms with E-state index in [0.717, 1.165) is 6.42 Å². The molecule has 1 unspecified atom stereocenters. The average molecular weight is 156 g/mol. The van der Waals surface area contributed by atoms with Crippen LogP contribution in [0.4, 0.5) is 0 Å². The highest BCUT2D eigenvalue weighted by molar-refractivity contribution is 4.82. The number of terminal acetylenes is 1. The van der Waals surface area contributed by atoms with Crippen molar-refractivity contribution in [1.82, 2.24) is 0 Å². The minimum absolute atomic E-state index is 0.287. The first-order valence-electron chi connectivity index (χ1n) is 3.86. The molecule has 0 aromatic rings. The molecular formula is C9H16O2. The molecule has 1 atom stereocenters. The molecule has 0 bridgehead atoms. The van der Waals surface area contributed by atoms with E-state index in [-0.39, 0.29) is 12.7 Å². The summed E-state index contributed by atoms with van der Waals surface area (Å²) in [6, 6.07) is 0. The standard InChI is InChI=1S/C9H16O2/c1-4-5-11-7-9(10)6-8(2)3/h1,8-10H,5-7H2,2-3H3. The van der Waals surface area contributed by atoms with Gasteiger partial charge in [-0.3, -0.25) is 0 Å². The van der Waals surface area contributed by atoms with Crippen molar-refractivity contribution in [3.05, 3.63) is 0 Å². The molecule has 2 nitrogen and oxygen atoms in total. The van der Waals surface area contributed by atoms with Crippen LogP contribution in [0.1, 0.15) is 20.3 Å². The van der Waals surface area contributed by atoms with E-state index in [4.69, 9.17) is 11.2 Å². The Morgan fingerprint density at radius 2 is 2.18 bits per heavy atom. The first-order valence-corrected chi connectivity index (χ1v) is 3.86. The zero-order valence-corrected chi connectivity index (χ0v) is 7.21. The molecule has 0 aromatic carbocycles. The van der Waals surface area contributed by atoms with Gasteiger partial charge in [0.05, 0.1) is 12.7 Å². The van der Waals surface area contributed by atoms with E-state index in [1.54, 1.807) is 0 Å². The Labute approximate surface area is 68.6 Å². The van der Waals surface area contributed by atoms with Crippen molar-refractivity contribution in [2.45, 2.75) is 26.4 Å². The fourth-order valence-corrected chi connectivity index (χ4v) is 0.866. The fourth-order valence-electron chi connectivity index (χ4n) is 0.866. The Kier molecular flexibility index (Phi) is 5.91. The molecule has 0 rings (SSSR count). The lowest BCUT2D eigenvalue weighted by molar-refractivity contribution is 0.0396. The molecule has 0 aliphatic heterocycles. The molecular weight excluding hydrogens is 140 g/mol. The zero-order valence-electron chi connectivity index (χ0n) is 7.21. The van der Waals surface area contributed by atoms with E-state index in [0.29, 0.717) is 12.5 Å². The maximum atomic E-state index is 9.25. The van der Waals surface area contributed by atoms with Crippen LogP contribution >= 0.6 is 0 Å². The third-order valence-corrected chi connectivity index (χ3v) is 1.24. The van der Waals surface area contributed by atoms with Gasteiger partial charge in [-0.05, 0) is 12.3 Å². The van der Waals surface area contributed by atoms with E-state index in [9.17, 15) is 5.11 Å². The number of rotatable bonds is 5. The van der Waals surface area contributed by atoms with Crippen LogP contribution < -0.4 is 0 Å². The summed E-state index contributed by atoms with van der Waals surface area (Å²) in [7, 11) is 0. The molecule has 1 N–H and O–H groups in total. The first kappa shape index (κ1) is 10.5. The van der Waals surface area contributed by atoms with E-state index < -0.39 is 0 Å². The summed E-state index contributed by atoms with van der Waals surface area (Å²) in [4.78, 5) is 0. The molecule has 11 heavy (non-hydrogen) atoms. The van der Waals surface area contributed by atoms with Crippen LogP contribution in [0, 0.1) is 18.3 Å². The summed E-state index contributed by atoms with van der Waals surface area (Å²) in [5.41, 5.74) is 0. The second-order valence-corrected chi connectivity index (χ2v) is 3.00. The van der Waals surface area contributed by atoms with Gasteiger partial charge < -0.3 is 9.84 Å². The van der Waals surface area contributed by atoms with Gasteiger partial charge in [0.15, 0.2) is 0 Å². The number of aliphatic hydroxyl groups excluding tert-OH is 1. The molecule has 0 aliphatic carbocycles. The minimum atomic E-state index is -0.372. The highest BCUT2D eigenvalue weighted by atomic mass is 16.5. The summed E-state index contributed by atoms with van der Waals surface area (Å²) in [6.45, 7) is 4.76. The van der Waals surface area contributed by atoms with Gasteiger partial charge in [-0.25, -0.2) is 0 Å². The molecule has 0 radical (unpaired) electrons. The quantitative estimate of drug-likeness (QED) is 0.476. The highest BCUT2D eigenvalue weighted by Crippen LogP contribution is 2.04. The second kappa shape index (κ2) is 6.21. The van der Waals surface area contributed by atoms with Gasteiger partial charge in [-0.1, -0.05) is 19.8 Å². The maximum absolute atomic E-state index is 9.25. The van der Waals surface area contributed by atoms with Crippen LogP contribution in [0.2, 0.25) is 0 Å². The van der Waals surface area contributed by atoms with Crippen molar-refractivity contribution >= 4 is 0 Å². The normalized spacial score (nSPS) is 13.0. The average Bonchev–Trinajstić information content (AvgIpc) is 1.86. The predicted molar refractivity (Wildman–Crippen MR) is 45.1 cm³/mol. The Morgan fingerprint density at radius 1 is 1.55 bits per heavy atom. The monoisotopic (exact) mass is 156 g/mol. The third-order valence-electron chi connectivity index (χ3n) is 1.24. The molecule has 64 valence electrons.